The lowest BCUT2D eigenvalue weighted by Gasteiger charge is -2.20. The minimum Gasteiger partial charge on any atom is -0.306 e. The minimum atomic E-state index is 0.855. The second kappa shape index (κ2) is 6.66. The zero-order chi connectivity index (χ0) is 11.3. The van der Waals surface area contributed by atoms with Gasteiger partial charge in [-0.15, -0.1) is 0 Å². The normalized spacial score (nSPS) is 22.5. The molecular weight excluding hydrogens is 252 g/mol. The molecule has 0 unspecified atom stereocenters. The molecule has 0 aromatic carbocycles. The Morgan fingerprint density at radius 1 is 1.60 bits per heavy atom. The van der Waals surface area contributed by atoms with Crippen LogP contribution >= 0.6 is 15.9 Å². The molecular formula is C12H23BrN2. The van der Waals surface area contributed by atoms with E-state index in [1.807, 2.05) is 0 Å². The van der Waals surface area contributed by atoms with Crippen LogP contribution < -0.4 is 0 Å². The molecule has 0 N–H and O–H groups in total. The summed E-state index contributed by atoms with van der Waals surface area (Å²) in [6.07, 6.45) is 2.60. The molecule has 0 aromatic rings. The van der Waals surface area contributed by atoms with Crippen LogP contribution in [0.4, 0.5) is 0 Å². The standard InChI is InChI=1S/C12H23BrN2/c1-4-6-14(3)9-12-5-7-15(10-12)8-11(2)13/h12H,2,4-10H2,1,3H3/t12-/m1/s1. The second-order valence-corrected chi connectivity index (χ2v) is 5.79. The third-order valence-corrected chi connectivity index (χ3v) is 3.19. The van der Waals surface area contributed by atoms with Crippen molar-refractivity contribution < 1.29 is 0 Å². The van der Waals surface area contributed by atoms with Gasteiger partial charge in [-0.05, 0) is 38.9 Å². The Kier molecular flexibility index (Phi) is 5.87. The number of likely N-dealkylation sites (tertiary alicyclic amines) is 1. The molecule has 1 aliphatic heterocycles. The third kappa shape index (κ3) is 5.14. The predicted octanol–water partition coefficient (Wildman–Crippen LogP) is 2.56. The molecule has 0 saturated carbocycles. The average molecular weight is 275 g/mol. The Morgan fingerprint density at radius 2 is 2.33 bits per heavy atom. The monoisotopic (exact) mass is 274 g/mol. The maximum absolute atomic E-state index is 3.90. The molecule has 1 fully saturated rings. The summed E-state index contributed by atoms with van der Waals surface area (Å²) >= 11 is 3.43. The van der Waals surface area contributed by atoms with Crippen molar-refractivity contribution in [2.24, 2.45) is 5.92 Å². The summed E-state index contributed by atoms with van der Waals surface area (Å²) in [5, 5.41) is 0. The van der Waals surface area contributed by atoms with Crippen molar-refractivity contribution in [2.45, 2.75) is 19.8 Å². The number of halogens is 1. The first-order chi connectivity index (χ1) is 7.11. The van der Waals surface area contributed by atoms with E-state index in [1.54, 1.807) is 0 Å². The van der Waals surface area contributed by atoms with Gasteiger partial charge in [0.25, 0.3) is 0 Å². The van der Waals surface area contributed by atoms with Gasteiger partial charge < -0.3 is 4.90 Å². The highest BCUT2D eigenvalue weighted by Gasteiger charge is 2.23. The molecule has 0 radical (unpaired) electrons. The van der Waals surface area contributed by atoms with Crippen molar-refractivity contribution in [1.82, 2.24) is 9.80 Å². The molecule has 2 nitrogen and oxygen atoms in total. The fraction of sp³-hybridized carbons (Fsp3) is 0.833. The molecule has 88 valence electrons. The van der Waals surface area contributed by atoms with E-state index >= 15 is 0 Å². The van der Waals surface area contributed by atoms with Crippen molar-refractivity contribution in [3.8, 4) is 0 Å². The molecule has 0 amide bonds. The van der Waals surface area contributed by atoms with Crippen molar-refractivity contribution >= 4 is 15.9 Å². The largest absolute Gasteiger partial charge is 0.306 e. The Labute approximate surface area is 102 Å². The summed E-state index contributed by atoms with van der Waals surface area (Å²) in [7, 11) is 2.23. The van der Waals surface area contributed by atoms with Gasteiger partial charge in [0.05, 0.1) is 0 Å². The molecule has 3 heteroatoms. The van der Waals surface area contributed by atoms with Crippen LogP contribution in [-0.4, -0.2) is 49.6 Å². The molecule has 1 aliphatic rings. The lowest BCUT2D eigenvalue weighted by molar-refractivity contribution is 0.269. The molecule has 1 heterocycles. The van der Waals surface area contributed by atoms with E-state index in [2.05, 4.69) is 46.3 Å². The topological polar surface area (TPSA) is 6.48 Å². The lowest BCUT2D eigenvalue weighted by atomic mass is 10.1. The number of hydrogen-bond acceptors (Lipinski definition) is 2. The summed E-state index contributed by atoms with van der Waals surface area (Å²) in [4.78, 5) is 4.94. The van der Waals surface area contributed by atoms with Crippen LogP contribution in [0.5, 0.6) is 0 Å². The van der Waals surface area contributed by atoms with Crippen LogP contribution in [0, 0.1) is 5.92 Å². The molecule has 1 atom stereocenters. The van der Waals surface area contributed by atoms with Gasteiger partial charge >= 0.3 is 0 Å². The van der Waals surface area contributed by atoms with Crippen LogP contribution in [0.25, 0.3) is 0 Å². The van der Waals surface area contributed by atoms with E-state index < -0.39 is 0 Å². The Hall–Kier alpha value is 0.140. The van der Waals surface area contributed by atoms with Crippen LogP contribution in [0.2, 0.25) is 0 Å². The number of nitrogens with zero attached hydrogens (tertiary/aromatic N) is 2. The molecule has 0 aliphatic carbocycles. The van der Waals surface area contributed by atoms with Crippen LogP contribution in [0.1, 0.15) is 19.8 Å². The lowest BCUT2D eigenvalue weighted by Crippen LogP contribution is -2.29. The quantitative estimate of drug-likeness (QED) is 0.735. The molecule has 0 spiro atoms. The summed E-state index contributed by atoms with van der Waals surface area (Å²) < 4.78 is 1.10. The first kappa shape index (κ1) is 13.2. The molecule has 0 aromatic heterocycles. The first-order valence-electron chi connectivity index (χ1n) is 5.86. The Morgan fingerprint density at radius 3 is 2.93 bits per heavy atom. The maximum Gasteiger partial charge on any atom is 0.0294 e. The molecule has 15 heavy (non-hydrogen) atoms. The van der Waals surface area contributed by atoms with Gasteiger partial charge in [-0.3, -0.25) is 4.90 Å². The van der Waals surface area contributed by atoms with Crippen molar-refractivity contribution in [3.05, 3.63) is 11.1 Å². The SMILES string of the molecule is C=C(Br)CN1CC[C@H](CN(C)CCC)C1. The summed E-state index contributed by atoms with van der Waals surface area (Å²) in [6, 6.07) is 0. The van der Waals surface area contributed by atoms with E-state index in [9.17, 15) is 0 Å². The van der Waals surface area contributed by atoms with Gasteiger partial charge in [-0.25, -0.2) is 0 Å². The van der Waals surface area contributed by atoms with Crippen molar-refractivity contribution in [1.29, 1.82) is 0 Å². The summed E-state index contributed by atoms with van der Waals surface area (Å²) in [5.74, 6) is 0.855. The fourth-order valence-electron chi connectivity index (χ4n) is 2.36. The number of hydrogen-bond donors (Lipinski definition) is 0. The average Bonchev–Trinajstić information content (AvgIpc) is 2.51. The highest BCUT2D eigenvalue weighted by atomic mass is 79.9. The van der Waals surface area contributed by atoms with Gasteiger partial charge in [0.15, 0.2) is 0 Å². The van der Waals surface area contributed by atoms with Crippen molar-refractivity contribution in [3.63, 3.8) is 0 Å². The van der Waals surface area contributed by atoms with Crippen molar-refractivity contribution in [2.75, 3.05) is 39.8 Å². The van der Waals surface area contributed by atoms with Gasteiger partial charge in [0.1, 0.15) is 0 Å². The van der Waals surface area contributed by atoms with Gasteiger partial charge in [-0.2, -0.15) is 0 Å². The van der Waals surface area contributed by atoms with Gasteiger partial charge in [0, 0.05) is 24.1 Å². The second-order valence-electron chi connectivity index (χ2n) is 4.67. The minimum absolute atomic E-state index is 0.855. The Bertz CT molecular complexity index is 206. The smallest absolute Gasteiger partial charge is 0.0294 e. The van der Waals surface area contributed by atoms with Crippen LogP contribution in [0.3, 0.4) is 0 Å². The van der Waals surface area contributed by atoms with E-state index in [0.29, 0.717) is 0 Å². The van der Waals surface area contributed by atoms with Gasteiger partial charge in [0.2, 0.25) is 0 Å². The van der Waals surface area contributed by atoms with E-state index in [-0.39, 0.29) is 0 Å². The molecule has 1 rings (SSSR count). The molecule has 0 bridgehead atoms. The fourth-order valence-corrected chi connectivity index (χ4v) is 2.72. The van der Waals surface area contributed by atoms with Crippen LogP contribution in [0.15, 0.2) is 11.1 Å². The first-order valence-corrected chi connectivity index (χ1v) is 6.65. The summed E-state index contributed by atoms with van der Waals surface area (Å²) in [6.45, 7) is 12.1. The van der Waals surface area contributed by atoms with E-state index in [1.165, 1.54) is 39.0 Å². The van der Waals surface area contributed by atoms with Crippen LogP contribution in [-0.2, 0) is 0 Å². The third-order valence-electron chi connectivity index (χ3n) is 2.94. The van der Waals surface area contributed by atoms with Gasteiger partial charge in [-0.1, -0.05) is 29.4 Å². The van der Waals surface area contributed by atoms with E-state index in [0.717, 1.165) is 16.9 Å². The zero-order valence-corrected chi connectivity index (χ0v) is 11.6. The van der Waals surface area contributed by atoms with E-state index in [4.69, 9.17) is 0 Å². The molecule has 1 saturated heterocycles. The maximum atomic E-state index is 3.90. The highest BCUT2D eigenvalue weighted by molar-refractivity contribution is 9.11. The highest BCUT2D eigenvalue weighted by Crippen LogP contribution is 2.19. The zero-order valence-electron chi connectivity index (χ0n) is 10.0. The summed E-state index contributed by atoms with van der Waals surface area (Å²) in [5.41, 5.74) is 0. The number of rotatable bonds is 6. The Balaban J connectivity index is 2.21. The predicted molar refractivity (Wildman–Crippen MR) is 70.4 cm³/mol.